The Morgan fingerprint density at radius 3 is 2.57 bits per heavy atom. The van der Waals surface area contributed by atoms with Gasteiger partial charge in [-0.25, -0.2) is 0 Å². The highest BCUT2D eigenvalue weighted by molar-refractivity contribution is 5.78. The summed E-state index contributed by atoms with van der Waals surface area (Å²) in [4.78, 5) is 16.9. The molecule has 5 nitrogen and oxygen atoms in total. The minimum atomic E-state index is -0.762. The number of aryl methyl sites for hydroxylation is 1. The first-order valence-corrected chi connectivity index (χ1v) is 7.28. The van der Waals surface area contributed by atoms with Gasteiger partial charge in [-0.05, 0) is 19.8 Å². The number of methoxy groups -OCH3 is 1. The summed E-state index contributed by atoms with van der Waals surface area (Å²) < 4.78 is 10.5. The molecule has 0 aromatic carbocycles. The molecule has 1 atom stereocenters. The fourth-order valence-corrected chi connectivity index (χ4v) is 2.41. The van der Waals surface area contributed by atoms with Gasteiger partial charge in [-0.2, -0.15) is 0 Å². The molecule has 2 N–H and O–H groups in total. The predicted octanol–water partition coefficient (Wildman–Crippen LogP) is 2.11. The Morgan fingerprint density at radius 1 is 1.43 bits per heavy atom. The molecule has 0 radical (unpaired) electrons. The summed E-state index contributed by atoms with van der Waals surface area (Å²) >= 11 is 0. The molecule has 0 aliphatic heterocycles. The summed E-state index contributed by atoms with van der Waals surface area (Å²) in [5.74, 6) is 0.524. The van der Waals surface area contributed by atoms with E-state index >= 15 is 0 Å². The molecule has 0 aliphatic rings. The standard InChI is InChI=1S/C16H26N2O3/c1-6-21-15(19)16(10-17,11(2)3)9-13-8-14(20-5)7-12(4)18-13/h7-8,11H,6,9-10,17H2,1-5H3. The third-order valence-corrected chi connectivity index (χ3v) is 3.86. The number of ether oxygens (including phenoxy) is 2. The van der Waals surface area contributed by atoms with Gasteiger partial charge >= 0.3 is 5.97 Å². The minimum Gasteiger partial charge on any atom is -0.497 e. The van der Waals surface area contributed by atoms with Crippen molar-refractivity contribution in [1.82, 2.24) is 4.98 Å². The lowest BCUT2D eigenvalue weighted by Gasteiger charge is -2.33. The Hall–Kier alpha value is -1.62. The van der Waals surface area contributed by atoms with E-state index in [1.807, 2.05) is 32.9 Å². The molecular weight excluding hydrogens is 268 g/mol. The summed E-state index contributed by atoms with van der Waals surface area (Å²) in [5.41, 5.74) is 6.82. The van der Waals surface area contributed by atoms with Gasteiger partial charge in [0, 0.05) is 36.5 Å². The highest BCUT2D eigenvalue weighted by Crippen LogP contribution is 2.33. The molecule has 0 saturated carbocycles. The van der Waals surface area contributed by atoms with Gasteiger partial charge in [-0.3, -0.25) is 9.78 Å². The molecule has 1 rings (SSSR count). The van der Waals surface area contributed by atoms with Gasteiger partial charge < -0.3 is 15.2 Å². The minimum absolute atomic E-state index is 0.0508. The van der Waals surface area contributed by atoms with E-state index in [9.17, 15) is 4.79 Å². The first-order chi connectivity index (χ1) is 9.89. The molecule has 0 fully saturated rings. The Labute approximate surface area is 126 Å². The van der Waals surface area contributed by atoms with E-state index in [0.717, 1.165) is 17.1 Å². The molecule has 21 heavy (non-hydrogen) atoms. The summed E-state index contributed by atoms with van der Waals surface area (Å²) in [6.45, 7) is 8.23. The van der Waals surface area contributed by atoms with Crippen molar-refractivity contribution in [3.8, 4) is 5.75 Å². The van der Waals surface area contributed by atoms with Crippen molar-refractivity contribution in [2.75, 3.05) is 20.3 Å². The van der Waals surface area contributed by atoms with Gasteiger partial charge in [0.25, 0.3) is 0 Å². The summed E-state index contributed by atoms with van der Waals surface area (Å²) in [6, 6.07) is 3.70. The van der Waals surface area contributed by atoms with Crippen LogP contribution in [0.3, 0.4) is 0 Å². The van der Waals surface area contributed by atoms with Gasteiger partial charge in [0.1, 0.15) is 5.75 Å². The SMILES string of the molecule is CCOC(=O)C(CN)(Cc1cc(OC)cc(C)n1)C(C)C. The van der Waals surface area contributed by atoms with Crippen LogP contribution in [0.15, 0.2) is 12.1 Å². The normalized spacial score (nSPS) is 13.9. The average Bonchev–Trinajstić information content (AvgIpc) is 2.43. The van der Waals surface area contributed by atoms with Crippen LogP contribution >= 0.6 is 0 Å². The van der Waals surface area contributed by atoms with E-state index in [1.165, 1.54) is 0 Å². The molecule has 0 saturated heterocycles. The molecule has 0 bridgehead atoms. The van der Waals surface area contributed by atoms with E-state index in [0.29, 0.717) is 13.0 Å². The van der Waals surface area contributed by atoms with Gasteiger partial charge in [0.2, 0.25) is 0 Å². The third-order valence-electron chi connectivity index (χ3n) is 3.86. The monoisotopic (exact) mass is 294 g/mol. The second kappa shape index (κ2) is 7.41. The first-order valence-electron chi connectivity index (χ1n) is 7.28. The lowest BCUT2D eigenvalue weighted by atomic mass is 9.73. The van der Waals surface area contributed by atoms with Crippen LogP contribution in [0, 0.1) is 18.3 Å². The Balaban J connectivity index is 3.17. The molecular formula is C16H26N2O3. The molecule has 5 heteroatoms. The Bertz CT molecular complexity index is 488. The molecule has 0 spiro atoms. The van der Waals surface area contributed by atoms with Crippen LogP contribution in [0.2, 0.25) is 0 Å². The Morgan fingerprint density at radius 2 is 2.10 bits per heavy atom. The lowest BCUT2D eigenvalue weighted by Crippen LogP contribution is -2.46. The molecule has 118 valence electrons. The molecule has 1 aromatic rings. The van der Waals surface area contributed by atoms with Gasteiger partial charge in [-0.15, -0.1) is 0 Å². The summed E-state index contributed by atoms with van der Waals surface area (Å²) in [7, 11) is 1.61. The van der Waals surface area contributed by atoms with Gasteiger partial charge in [0.15, 0.2) is 0 Å². The van der Waals surface area contributed by atoms with Crippen LogP contribution in [-0.4, -0.2) is 31.2 Å². The lowest BCUT2D eigenvalue weighted by molar-refractivity contribution is -0.157. The molecule has 1 heterocycles. The van der Waals surface area contributed by atoms with E-state index < -0.39 is 5.41 Å². The summed E-state index contributed by atoms with van der Waals surface area (Å²) in [5, 5.41) is 0. The first kappa shape index (κ1) is 17.4. The number of carbonyl (C=O) groups excluding carboxylic acids is 1. The van der Waals surface area contributed by atoms with Crippen molar-refractivity contribution in [2.24, 2.45) is 17.1 Å². The van der Waals surface area contributed by atoms with Crippen molar-refractivity contribution in [3.05, 3.63) is 23.5 Å². The number of nitrogens with two attached hydrogens (primary N) is 1. The second-order valence-corrected chi connectivity index (χ2v) is 5.55. The van der Waals surface area contributed by atoms with E-state index in [4.69, 9.17) is 15.2 Å². The van der Waals surface area contributed by atoms with E-state index in [-0.39, 0.29) is 18.4 Å². The smallest absolute Gasteiger partial charge is 0.314 e. The molecule has 1 aromatic heterocycles. The topological polar surface area (TPSA) is 74.4 Å². The number of esters is 1. The number of carbonyl (C=O) groups is 1. The van der Waals surface area contributed by atoms with E-state index in [1.54, 1.807) is 14.0 Å². The van der Waals surface area contributed by atoms with Crippen LogP contribution in [0.4, 0.5) is 0 Å². The number of pyridine rings is 1. The van der Waals surface area contributed by atoms with Crippen molar-refractivity contribution in [3.63, 3.8) is 0 Å². The highest BCUT2D eigenvalue weighted by atomic mass is 16.5. The molecule has 0 amide bonds. The van der Waals surface area contributed by atoms with Crippen molar-refractivity contribution < 1.29 is 14.3 Å². The van der Waals surface area contributed by atoms with E-state index in [2.05, 4.69) is 4.98 Å². The van der Waals surface area contributed by atoms with Crippen molar-refractivity contribution in [2.45, 2.75) is 34.1 Å². The maximum absolute atomic E-state index is 12.4. The Kier molecular flexibility index (Phi) is 6.15. The van der Waals surface area contributed by atoms with Crippen molar-refractivity contribution >= 4 is 5.97 Å². The molecule has 1 unspecified atom stereocenters. The number of hydrogen-bond acceptors (Lipinski definition) is 5. The number of aromatic nitrogens is 1. The van der Waals surface area contributed by atoms with Gasteiger partial charge in [-0.1, -0.05) is 13.8 Å². The zero-order valence-electron chi connectivity index (χ0n) is 13.6. The van der Waals surface area contributed by atoms with Crippen LogP contribution in [-0.2, 0) is 16.0 Å². The maximum Gasteiger partial charge on any atom is 0.314 e. The van der Waals surface area contributed by atoms with Crippen LogP contribution in [0.5, 0.6) is 5.75 Å². The zero-order valence-corrected chi connectivity index (χ0v) is 13.6. The molecule has 0 aliphatic carbocycles. The van der Waals surface area contributed by atoms with Crippen molar-refractivity contribution in [1.29, 1.82) is 0 Å². The fraction of sp³-hybridized carbons (Fsp3) is 0.625. The fourth-order valence-electron chi connectivity index (χ4n) is 2.41. The second-order valence-electron chi connectivity index (χ2n) is 5.55. The quantitative estimate of drug-likeness (QED) is 0.780. The van der Waals surface area contributed by atoms with Crippen LogP contribution in [0.25, 0.3) is 0 Å². The zero-order chi connectivity index (χ0) is 16.0. The average molecular weight is 294 g/mol. The highest BCUT2D eigenvalue weighted by Gasteiger charge is 2.42. The number of hydrogen-bond donors (Lipinski definition) is 1. The van der Waals surface area contributed by atoms with Gasteiger partial charge in [0.05, 0.1) is 19.1 Å². The predicted molar refractivity (Wildman–Crippen MR) is 82.2 cm³/mol. The maximum atomic E-state index is 12.4. The summed E-state index contributed by atoms with van der Waals surface area (Å²) in [6.07, 6.45) is 0.442. The largest absolute Gasteiger partial charge is 0.497 e. The number of rotatable bonds is 7. The third kappa shape index (κ3) is 3.94. The van der Waals surface area contributed by atoms with Crippen LogP contribution in [0.1, 0.15) is 32.2 Å². The number of nitrogens with zero attached hydrogens (tertiary/aromatic N) is 1. The van der Waals surface area contributed by atoms with Crippen LogP contribution < -0.4 is 10.5 Å².